The van der Waals surface area contributed by atoms with Gasteiger partial charge in [-0.05, 0) is 12.1 Å². The normalized spacial score (nSPS) is 11.0. The van der Waals surface area contributed by atoms with E-state index in [4.69, 9.17) is 23.2 Å². The number of non-ortho nitro benzene ring substituents is 1. The van der Waals surface area contributed by atoms with Crippen LogP contribution in [0.1, 0.15) is 10.4 Å². The van der Waals surface area contributed by atoms with Crippen LogP contribution in [0.15, 0.2) is 24.3 Å². The predicted octanol–water partition coefficient (Wildman–Crippen LogP) is 4.92. The van der Waals surface area contributed by atoms with Crippen molar-refractivity contribution < 1.29 is 9.72 Å². The molecule has 3 aromatic rings. The van der Waals surface area contributed by atoms with Gasteiger partial charge in [-0.1, -0.05) is 23.2 Å². The van der Waals surface area contributed by atoms with Gasteiger partial charge in [-0.25, -0.2) is 0 Å². The second kappa shape index (κ2) is 5.14. The Bertz CT molecular complexity index is 885. The summed E-state index contributed by atoms with van der Waals surface area (Å²) in [4.78, 5) is 24.8. The lowest BCUT2D eigenvalue weighted by Crippen LogP contribution is -1.87. The lowest BCUT2D eigenvalue weighted by Gasteiger charge is -1.96. The molecule has 0 spiro atoms. The number of nitrogens with one attached hydrogen (secondary N) is 1. The number of nitro benzene ring substituents is 1. The molecule has 5 nitrogen and oxygen atoms in total. The summed E-state index contributed by atoms with van der Waals surface area (Å²) in [6.45, 7) is 0. The number of nitrogens with zero attached hydrogens (tertiary/aromatic N) is 1. The highest BCUT2D eigenvalue weighted by molar-refractivity contribution is 7.20. The molecule has 3 rings (SSSR count). The Morgan fingerprint density at radius 3 is 2.62 bits per heavy atom. The molecule has 0 aliphatic carbocycles. The first-order chi connectivity index (χ1) is 10.0. The van der Waals surface area contributed by atoms with Crippen LogP contribution in [0.4, 0.5) is 5.69 Å². The highest BCUT2D eigenvalue weighted by Gasteiger charge is 2.19. The Morgan fingerprint density at radius 1 is 1.29 bits per heavy atom. The average Bonchev–Trinajstić information content (AvgIpc) is 2.96. The number of thiophene rings is 1. The molecular weight excluding hydrogens is 335 g/mol. The van der Waals surface area contributed by atoms with Crippen molar-refractivity contribution >= 4 is 57.4 Å². The summed E-state index contributed by atoms with van der Waals surface area (Å²) in [5.74, 6) is 0. The molecule has 106 valence electrons. The third-order valence-electron chi connectivity index (χ3n) is 3.08. The Hall–Kier alpha value is -1.89. The van der Waals surface area contributed by atoms with Crippen LogP contribution in [-0.4, -0.2) is 16.2 Å². The molecule has 0 aliphatic rings. The van der Waals surface area contributed by atoms with Gasteiger partial charge in [-0.3, -0.25) is 14.9 Å². The monoisotopic (exact) mass is 340 g/mol. The third-order valence-corrected chi connectivity index (χ3v) is 4.56. The van der Waals surface area contributed by atoms with Crippen LogP contribution >= 0.6 is 34.5 Å². The second-order valence-corrected chi connectivity index (χ2v) is 6.54. The summed E-state index contributed by atoms with van der Waals surface area (Å²) in [5.41, 5.74) is 1.98. The van der Waals surface area contributed by atoms with Gasteiger partial charge in [0.1, 0.15) is 4.34 Å². The van der Waals surface area contributed by atoms with E-state index >= 15 is 0 Å². The predicted molar refractivity (Wildman–Crippen MR) is 83.7 cm³/mol. The number of nitro groups is 1. The molecule has 2 heterocycles. The van der Waals surface area contributed by atoms with Crippen molar-refractivity contribution in [2.24, 2.45) is 0 Å². The van der Waals surface area contributed by atoms with Crippen LogP contribution in [-0.2, 0) is 0 Å². The minimum absolute atomic E-state index is 0.0782. The fourth-order valence-electron chi connectivity index (χ4n) is 2.16. The zero-order valence-electron chi connectivity index (χ0n) is 10.2. The molecular formula is C13H6Cl2N2O3S. The zero-order chi connectivity index (χ0) is 15.1. The molecule has 0 fully saturated rings. The highest BCUT2D eigenvalue weighted by atomic mass is 35.5. The van der Waals surface area contributed by atoms with Crippen molar-refractivity contribution in [3.63, 3.8) is 0 Å². The number of hydrogen-bond acceptors (Lipinski definition) is 4. The van der Waals surface area contributed by atoms with Gasteiger partial charge in [0.05, 0.1) is 15.0 Å². The number of aromatic amines is 1. The van der Waals surface area contributed by atoms with Gasteiger partial charge in [0.25, 0.3) is 5.69 Å². The number of rotatable bonds is 3. The van der Waals surface area contributed by atoms with Crippen LogP contribution < -0.4 is 0 Å². The van der Waals surface area contributed by atoms with E-state index in [0.29, 0.717) is 42.7 Å². The van der Waals surface area contributed by atoms with Crippen LogP contribution in [0, 0.1) is 10.1 Å². The van der Waals surface area contributed by atoms with Gasteiger partial charge in [-0.2, -0.15) is 0 Å². The van der Waals surface area contributed by atoms with Gasteiger partial charge in [0, 0.05) is 34.2 Å². The summed E-state index contributed by atoms with van der Waals surface area (Å²) in [5, 5.41) is 11.3. The SMILES string of the molecule is O=Cc1c(-c2cc(Cl)sc2Cl)[nH]c2ccc([N+](=O)[O-])cc12. The molecule has 0 radical (unpaired) electrons. The van der Waals surface area contributed by atoms with Gasteiger partial charge in [0.2, 0.25) is 0 Å². The molecule has 0 saturated carbocycles. The molecule has 1 aromatic carbocycles. The maximum Gasteiger partial charge on any atom is 0.270 e. The Kier molecular flexibility index (Phi) is 3.44. The Labute approximate surface area is 132 Å². The van der Waals surface area contributed by atoms with Crippen LogP contribution in [0.2, 0.25) is 8.67 Å². The van der Waals surface area contributed by atoms with Crippen LogP contribution in [0.3, 0.4) is 0 Å². The molecule has 0 atom stereocenters. The molecule has 0 saturated heterocycles. The summed E-state index contributed by atoms with van der Waals surface area (Å²) >= 11 is 13.2. The first kappa shape index (κ1) is 14.1. The maximum atomic E-state index is 11.4. The number of aromatic nitrogens is 1. The van der Waals surface area contributed by atoms with Crippen molar-refractivity contribution in [1.82, 2.24) is 4.98 Å². The highest BCUT2D eigenvalue weighted by Crippen LogP contribution is 2.40. The first-order valence-electron chi connectivity index (χ1n) is 5.71. The minimum Gasteiger partial charge on any atom is -0.354 e. The van der Waals surface area contributed by atoms with E-state index in [2.05, 4.69) is 4.98 Å². The van der Waals surface area contributed by atoms with Crippen molar-refractivity contribution in [2.75, 3.05) is 0 Å². The quantitative estimate of drug-likeness (QED) is 0.417. The number of fused-ring (bicyclic) bond motifs is 1. The van der Waals surface area contributed by atoms with E-state index < -0.39 is 4.92 Å². The Morgan fingerprint density at radius 2 is 2.05 bits per heavy atom. The summed E-state index contributed by atoms with van der Waals surface area (Å²) in [6, 6.07) is 5.95. The van der Waals surface area contributed by atoms with Crippen molar-refractivity contribution in [3.8, 4) is 11.3 Å². The number of halogens is 2. The standard InChI is InChI=1S/C13H6Cl2N2O3S/c14-11-4-8(13(15)21-11)12-9(5-18)7-3-6(17(19)20)1-2-10(7)16-12/h1-5,16H. The van der Waals surface area contributed by atoms with E-state index in [0.717, 1.165) is 0 Å². The lowest BCUT2D eigenvalue weighted by molar-refractivity contribution is -0.384. The van der Waals surface area contributed by atoms with Gasteiger partial charge >= 0.3 is 0 Å². The van der Waals surface area contributed by atoms with Crippen molar-refractivity contribution in [1.29, 1.82) is 0 Å². The van der Waals surface area contributed by atoms with Gasteiger partial charge in [0.15, 0.2) is 6.29 Å². The summed E-state index contributed by atoms with van der Waals surface area (Å²) in [7, 11) is 0. The van der Waals surface area contributed by atoms with E-state index in [1.807, 2.05) is 0 Å². The number of aldehydes is 1. The van der Waals surface area contributed by atoms with E-state index in [-0.39, 0.29) is 5.69 Å². The first-order valence-corrected chi connectivity index (χ1v) is 7.29. The molecule has 0 aliphatic heterocycles. The summed E-state index contributed by atoms with van der Waals surface area (Å²) < 4.78 is 0.945. The largest absolute Gasteiger partial charge is 0.354 e. The van der Waals surface area contributed by atoms with E-state index in [1.54, 1.807) is 12.1 Å². The van der Waals surface area contributed by atoms with Crippen molar-refractivity contribution in [2.45, 2.75) is 0 Å². The van der Waals surface area contributed by atoms with Crippen molar-refractivity contribution in [3.05, 3.63) is 48.6 Å². The average molecular weight is 341 g/mol. The number of H-pyrrole nitrogens is 1. The Balaban J connectivity index is 2.31. The smallest absolute Gasteiger partial charge is 0.270 e. The van der Waals surface area contributed by atoms with E-state index in [9.17, 15) is 14.9 Å². The number of benzene rings is 1. The lowest BCUT2D eigenvalue weighted by atomic mass is 10.1. The second-order valence-electron chi connectivity index (χ2n) is 4.26. The van der Waals surface area contributed by atoms with Crippen LogP contribution in [0.25, 0.3) is 22.2 Å². The molecule has 0 bridgehead atoms. The summed E-state index contributed by atoms with van der Waals surface area (Å²) in [6.07, 6.45) is 0.653. The third kappa shape index (κ3) is 2.31. The molecule has 21 heavy (non-hydrogen) atoms. The van der Waals surface area contributed by atoms with E-state index in [1.165, 1.54) is 23.5 Å². The fourth-order valence-corrected chi connectivity index (χ4v) is 3.64. The molecule has 0 unspecified atom stereocenters. The van der Waals surface area contributed by atoms with Crippen LogP contribution in [0.5, 0.6) is 0 Å². The van der Waals surface area contributed by atoms with Gasteiger partial charge < -0.3 is 4.98 Å². The number of carbonyl (C=O) groups is 1. The molecule has 2 aromatic heterocycles. The van der Waals surface area contributed by atoms with Gasteiger partial charge in [-0.15, -0.1) is 11.3 Å². The maximum absolute atomic E-state index is 11.4. The zero-order valence-corrected chi connectivity index (χ0v) is 12.6. The topological polar surface area (TPSA) is 76.0 Å². The molecule has 1 N–H and O–H groups in total. The minimum atomic E-state index is -0.505. The molecule has 8 heteroatoms. The number of hydrogen-bond donors (Lipinski definition) is 1. The molecule has 0 amide bonds. The fraction of sp³-hybridized carbons (Fsp3) is 0. The number of carbonyl (C=O) groups excluding carboxylic acids is 1.